The van der Waals surface area contributed by atoms with Gasteiger partial charge in [0.05, 0.1) is 0 Å². The van der Waals surface area contributed by atoms with Crippen molar-refractivity contribution >= 4 is 0 Å². The van der Waals surface area contributed by atoms with E-state index in [0.717, 1.165) is 53.3 Å². The molecule has 18 aliphatic rings. The number of fused-ring (bicyclic) bond motifs is 9. The van der Waals surface area contributed by atoms with Gasteiger partial charge in [0.1, 0.15) is 0 Å². The smallest absolute Gasteiger partial charge is 0.0386 e. The lowest BCUT2D eigenvalue weighted by atomic mass is 9.82. The summed E-state index contributed by atoms with van der Waals surface area (Å²) in [4.78, 5) is 0. The molecule has 0 amide bonds. The molecule has 0 spiro atoms. The van der Waals surface area contributed by atoms with E-state index in [9.17, 15) is 0 Å². The minimum Gasteiger partial charge on any atom is -0.0630 e. The first-order valence-corrected chi connectivity index (χ1v) is 53.8. The fraction of sp³-hybridized carbons (Fsp3) is 1.00. The highest BCUT2D eigenvalue weighted by molar-refractivity contribution is 4.88. The summed E-state index contributed by atoms with van der Waals surface area (Å²) in [6.45, 7) is 58.5. The van der Waals surface area contributed by atoms with E-state index in [0.29, 0.717) is 0 Å². The Bertz CT molecular complexity index is 1480. The van der Waals surface area contributed by atoms with Gasteiger partial charge in [-0.05, 0) is 160 Å². The molecule has 10 unspecified atom stereocenters. The zero-order valence-corrected chi connectivity index (χ0v) is 84.3. The molecule has 18 aliphatic carbocycles. The zero-order valence-electron chi connectivity index (χ0n) is 84.3. The summed E-state index contributed by atoms with van der Waals surface area (Å²) in [5.74, 6) is 28.6. The molecule has 18 fully saturated rings. The van der Waals surface area contributed by atoms with Crippen molar-refractivity contribution in [2.45, 2.75) is 566 Å². The molecular weight excluding hydrogens is 1360 g/mol. The highest BCUT2D eigenvalue weighted by Crippen LogP contribution is 2.49. The third kappa shape index (κ3) is 61.0. The lowest BCUT2D eigenvalue weighted by Gasteiger charge is -2.24. The number of rotatable bonds is 0. The Balaban J connectivity index is 0.000000605. The quantitative estimate of drug-likeness (QED) is 0.227. The first-order valence-electron chi connectivity index (χ1n) is 53.8. The second-order valence-electron chi connectivity index (χ2n) is 47.8. The SMILES string of the molecule is C1CC2CCCC2C1.C1CC2CCCC2C1.C1CC2CCCC2C1.C1CC2CCCC2C1.C1CCC2CCCC2C1.C1CCC2CCCC2C1.C1CCC2CCCC2C1.C1CCC2CCCC2C1.C1CCC2CCCC2C1.CC(C)C.CC(C)C.CC(C)C.CC(C)C.CC(C)C.CC(C)C.CC(C)C.CC(C)C.CC(C)C. The summed E-state index contributed by atoms with van der Waals surface area (Å²) in [6, 6.07) is 0. The maximum absolute atomic E-state index is 2.17. The standard InChI is InChI=1S/5C9H16.4C8H14.9C4H10/c5*1-2-5-9-7-3-6-8(9)4-1;4*1-3-7-5-2-6-8(7)4-1;9*1-4(2)3/h5*8-9H,1-7H2;4*7-8H,1-6H2;9*4H,1-3H3. The Labute approximate surface area is 721 Å². The predicted molar refractivity (Wildman–Crippen MR) is 520 cm³/mol. The minimum absolute atomic E-state index is 0.833. The Morgan fingerprint density at radius 2 is 0.115 bits per heavy atom. The third-order valence-electron chi connectivity index (χ3n) is 27.9. The average Bonchev–Trinajstić information content (AvgIpc) is 1.75. The van der Waals surface area contributed by atoms with Gasteiger partial charge in [0.15, 0.2) is 0 Å². The molecule has 0 aromatic carbocycles. The molecule has 678 valence electrons. The van der Waals surface area contributed by atoms with Crippen LogP contribution < -0.4 is 0 Å². The Morgan fingerprint density at radius 1 is 0.0796 bits per heavy atom. The van der Waals surface area contributed by atoms with Crippen LogP contribution in [0.1, 0.15) is 566 Å². The van der Waals surface area contributed by atoms with E-state index in [-0.39, 0.29) is 0 Å². The van der Waals surface area contributed by atoms with E-state index in [1.807, 2.05) is 0 Å². The lowest BCUT2D eigenvalue weighted by molar-refractivity contribution is 0.277. The summed E-state index contributed by atoms with van der Waals surface area (Å²) < 4.78 is 0. The van der Waals surface area contributed by atoms with E-state index in [4.69, 9.17) is 0 Å². The molecule has 0 N–H and O–H groups in total. The van der Waals surface area contributed by atoms with Crippen molar-refractivity contribution < 1.29 is 0 Å². The van der Waals surface area contributed by atoms with E-state index >= 15 is 0 Å². The van der Waals surface area contributed by atoms with Crippen LogP contribution in [0.4, 0.5) is 0 Å². The second-order valence-corrected chi connectivity index (χ2v) is 47.8. The Kier molecular flexibility index (Phi) is 69.2. The van der Waals surface area contributed by atoms with Crippen LogP contribution in [0.15, 0.2) is 0 Å². The van der Waals surface area contributed by atoms with Gasteiger partial charge < -0.3 is 0 Å². The van der Waals surface area contributed by atoms with Gasteiger partial charge in [-0.1, -0.05) is 566 Å². The van der Waals surface area contributed by atoms with Gasteiger partial charge in [0.25, 0.3) is 0 Å². The van der Waals surface area contributed by atoms with E-state index in [2.05, 4.69) is 187 Å². The molecule has 0 saturated heterocycles. The van der Waals surface area contributed by atoms with Crippen LogP contribution in [0, 0.1) is 160 Å². The van der Waals surface area contributed by atoms with Gasteiger partial charge in [-0.3, -0.25) is 0 Å². The van der Waals surface area contributed by atoms with E-state index in [1.54, 1.807) is 231 Å². The van der Waals surface area contributed by atoms with Gasteiger partial charge in [-0.15, -0.1) is 0 Å². The fourth-order valence-corrected chi connectivity index (χ4v) is 23.5. The van der Waals surface area contributed by atoms with Gasteiger partial charge >= 0.3 is 0 Å². The van der Waals surface area contributed by atoms with Gasteiger partial charge in [0, 0.05) is 0 Å². The summed E-state index contributed by atoms with van der Waals surface area (Å²) in [6.07, 6.45) is 91.4. The summed E-state index contributed by atoms with van der Waals surface area (Å²) in [7, 11) is 0. The first kappa shape index (κ1) is 111. The molecule has 0 nitrogen and oxygen atoms in total. The molecule has 0 radical (unpaired) electrons. The van der Waals surface area contributed by atoms with Crippen molar-refractivity contribution in [2.24, 2.45) is 160 Å². The lowest BCUT2D eigenvalue weighted by Crippen LogP contribution is -2.12. The predicted octanol–water partition coefficient (Wildman–Crippen LogP) is 40.2. The molecule has 0 bridgehead atoms. The second kappa shape index (κ2) is 70.4. The van der Waals surface area contributed by atoms with Crippen molar-refractivity contribution in [3.05, 3.63) is 0 Å². The third-order valence-corrected chi connectivity index (χ3v) is 27.9. The van der Waals surface area contributed by atoms with Gasteiger partial charge in [-0.25, -0.2) is 0 Å². The van der Waals surface area contributed by atoms with Crippen molar-refractivity contribution in [3.63, 3.8) is 0 Å². The molecule has 0 aromatic heterocycles. The summed E-state index contributed by atoms with van der Waals surface area (Å²) >= 11 is 0. The van der Waals surface area contributed by atoms with Crippen molar-refractivity contribution in [2.75, 3.05) is 0 Å². The van der Waals surface area contributed by atoms with Crippen LogP contribution in [0.3, 0.4) is 0 Å². The molecular formula is C113H226. The maximum atomic E-state index is 2.17. The average molecular weight is 1590 g/mol. The Hall–Kier alpha value is 0. The molecule has 0 heterocycles. The van der Waals surface area contributed by atoms with Crippen LogP contribution in [-0.2, 0) is 0 Å². The van der Waals surface area contributed by atoms with Gasteiger partial charge in [-0.2, -0.15) is 0 Å². The fourth-order valence-electron chi connectivity index (χ4n) is 23.5. The minimum atomic E-state index is 0.833. The van der Waals surface area contributed by atoms with Crippen LogP contribution in [0.5, 0.6) is 0 Å². The monoisotopic (exact) mass is 1580 g/mol. The zero-order chi connectivity index (χ0) is 84.3. The first-order chi connectivity index (χ1) is 53.8. The molecule has 0 aromatic rings. The van der Waals surface area contributed by atoms with Crippen LogP contribution in [0.2, 0.25) is 0 Å². The highest BCUT2D eigenvalue weighted by Gasteiger charge is 2.36. The molecule has 0 heteroatoms. The maximum Gasteiger partial charge on any atom is -0.0386 e. The molecule has 10 atom stereocenters. The van der Waals surface area contributed by atoms with E-state index < -0.39 is 0 Å². The number of hydrogen-bond acceptors (Lipinski definition) is 0. The van der Waals surface area contributed by atoms with Crippen LogP contribution >= 0.6 is 0 Å². The summed E-state index contributed by atoms with van der Waals surface area (Å²) in [5.41, 5.74) is 0. The van der Waals surface area contributed by atoms with Crippen molar-refractivity contribution in [1.82, 2.24) is 0 Å². The molecule has 18 saturated carbocycles. The van der Waals surface area contributed by atoms with Crippen LogP contribution in [0.25, 0.3) is 0 Å². The van der Waals surface area contributed by atoms with Crippen molar-refractivity contribution in [1.29, 1.82) is 0 Å². The van der Waals surface area contributed by atoms with Gasteiger partial charge in [0.2, 0.25) is 0 Å². The largest absolute Gasteiger partial charge is 0.0630 e. The highest BCUT2D eigenvalue weighted by atomic mass is 14.4. The molecule has 113 heavy (non-hydrogen) atoms. The van der Waals surface area contributed by atoms with Crippen LogP contribution in [-0.4, -0.2) is 0 Å². The van der Waals surface area contributed by atoms with Crippen molar-refractivity contribution in [3.8, 4) is 0 Å². The Morgan fingerprint density at radius 3 is 0.159 bits per heavy atom. The summed E-state index contributed by atoms with van der Waals surface area (Å²) in [5, 5.41) is 0. The topological polar surface area (TPSA) is 0 Å². The molecule has 0 aliphatic heterocycles. The molecule has 18 rings (SSSR count). The normalized spacial score (nSPS) is 32.6. The number of hydrogen-bond donors (Lipinski definition) is 0. The van der Waals surface area contributed by atoms with E-state index in [1.165, 1.54) is 254 Å².